The second-order valence-corrected chi connectivity index (χ2v) is 6.49. The lowest BCUT2D eigenvalue weighted by molar-refractivity contribution is -0.140. The van der Waals surface area contributed by atoms with Crippen LogP contribution in [0, 0.1) is 5.92 Å². The van der Waals surface area contributed by atoms with E-state index < -0.39 is 0 Å². The van der Waals surface area contributed by atoms with E-state index in [2.05, 4.69) is 5.32 Å². The Bertz CT molecular complexity index is 315. The van der Waals surface area contributed by atoms with Crippen LogP contribution in [0.15, 0.2) is 0 Å². The van der Waals surface area contributed by atoms with Crippen molar-refractivity contribution in [3.05, 3.63) is 0 Å². The lowest BCUT2D eigenvalue weighted by Crippen LogP contribution is -2.48. The highest BCUT2D eigenvalue weighted by atomic mass is 16.2. The minimum absolute atomic E-state index is 0.0708. The molecule has 1 N–H and O–H groups in total. The van der Waals surface area contributed by atoms with Crippen LogP contribution >= 0.6 is 0 Å². The minimum atomic E-state index is -0.246. The van der Waals surface area contributed by atoms with Gasteiger partial charge in [0.05, 0.1) is 6.54 Å². The molecule has 110 valence electrons. The summed E-state index contributed by atoms with van der Waals surface area (Å²) in [6.45, 7) is 8.57. The summed E-state index contributed by atoms with van der Waals surface area (Å²) in [5.74, 6) is 0.223. The topological polar surface area (TPSA) is 49.4 Å². The molecule has 0 aromatic rings. The predicted octanol–water partition coefficient (Wildman–Crippen LogP) is 2.33. The van der Waals surface area contributed by atoms with Gasteiger partial charge in [0.25, 0.3) is 0 Å². The molecule has 0 aliphatic heterocycles. The molecule has 1 aliphatic rings. The molecule has 19 heavy (non-hydrogen) atoms. The highest BCUT2D eigenvalue weighted by Gasteiger charge is 2.27. The van der Waals surface area contributed by atoms with E-state index in [1.54, 1.807) is 4.90 Å². The zero-order chi connectivity index (χ0) is 14.5. The van der Waals surface area contributed by atoms with Crippen molar-refractivity contribution >= 4 is 11.8 Å². The number of likely N-dealkylation sites (N-methyl/N-ethyl adjacent to an activating group) is 1. The van der Waals surface area contributed by atoms with Crippen LogP contribution < -0.4 is 5.32 Å². The number of hydrogen-bond acceptors (Lipinski definition) is 2. The maximum absolute atomic E-state index is 12.4. The van der Waals surface area contributed by atoms with Crippen LogP contribution in [0.2, 0.25) is 0 Å². The lowest BCUT2D eigenvalue weighted by Gasteiger charge is -2.29. The van der Waals surface area contributed by atoms with E-state index in [1.165, 1.54) is 6.42 Å². The second kappa shape index (κ2) is 6.92. The number of rotatable bonds is 4. The second-order valence-electron chi connectivity index (χ2n) is 6.49. The smallest absolute Gasteiger partial charge is 0.240 e. The van der Waals surface area contributed by atoms with Crippen LogP contribution in [0.4, 0.5) is 0 Å². The van der Waals surface area contributed by atoms with Crippen molar-refractivity contribution in [1.29, 1.82) is 0 Å². The number of amides is 2. The van der Waals surface area contributed by atoms with Crippen LogP contribution in [-0.2, 0) is 9.59 Å². The quantitative estimate of drug-likeness (QED) is 0.850. The van der Waals surface area contributed by atoms with Crippen LogP contribution in [0.25, 0.3) is 0 Å². The van der Waals surface area contributed by atoms with E-state index in [0.29, 0.717) is 6.54 Å². The molecule has 0 radical (unpaired) electrons. The first-order chi connectivity index (χ1) is 8.83. The maximum Gasteiger partial charge on any atom is 0.240 e. The molecule has 0 saturated heterocycles. The first kappa shape index (κ1) is 16.0. The summed E-state index contributed by atoms with van der Waals surface area (Å²) in [6, 6.07) is 0. The van der Waals surface area contributed by atoms with Crippen LogP contribution in [0.3, 0.4) is 0 Å². The van der Waals surface area contributed by atoms with E-state index in [9.17, 15) is 9.59 Å². The summed E-state index contributed by atoms with van der Waals surface area (Å²) in [5.41, 5.74) is -0.246. The van der Waals surface area contributed by atoms with Gasteiger partial charge in [0.15, 0.2) is 0 Å². The normalized spacial score (nSPS) is 17.1. The summed E-state index contributed by atoms with van der Waals surface area (Å²) in [7, 11) is 0. The Morgan fingerprint density at radius 1 is 1.16 bits per heavy atom. The highest BCUT2D eigenvalue weighted by Crippen LogP contribution is 2.25. The molecule has 0 aromatic carbocycles. The Hall–Kier alpha value is -1.06. The fourth-order valence-corrected chi connectivity index (χ4v) is 2.58. The minimum Gasteiger partial charge on any atom is -0.350 e. The third kappa shape index (κ3) is 5.62. The molecule has 1 saturated carbocycles. The van der Waals surface area contributed by atoms with E-state index in [4.69, 9.17) is 0 Å². The monoisotopic (exact) mass is 268 g/mol. The lowest BCUT2D eigenvalue weighted by atomic mass is 9.88. The Balaban J connectivity index is 2.52. The third-order valence-corrected chi connectivity index (χ3v) is 3.50. The highest BCUT2D eigenvalue weighted by molar-refractivity contribution is 5.86. The van der Waals surface area contributed by atoms with Crippen molar-refractivity contribution in [2.45, 2.75) is 65.3 Å². The molecule has 1 aliphatic carbocycles. The summed E-state index contributed by atoms with van der Waals surface area (Å²) in [4.78, 5) is 26.0. The van der Waals surface area contributed by atoms with E-state index in [0.717, 1.165) is 25.7 Å². The number of nitrogens with one attached hydrogen (secondary N) is 1. The molecule has 4 nitrogen and oxygen atoms in total. The number of hydrogen-bond donors (Lipinski definition) is 1. The first-order valence-electron chi connectivity index (χ1n) is 7.43. The van der Waals surface area contributed by atoms with Gasteiger partial charge in [-0.2, -0.15) is 0 Å². The van der Waals surface area contributed by atoms with Gasteiger partial charge in [0, 0.05) is 18.0 Å². The zero-order valence-electron chi connectivity index (χ0n) is 12.8. The largest absolute Gasteiger partial charge is 0.350 e. The van der Waals surface area contributed by atoms with Crippen molar-refractivity contribution in [2.75, 3.05) is 13.1 Å². The SMILES string of the molecule is CCN(CC(=O)NC(C)(C)C)C(=O)C1CCCCC1. The van der Waals surface area contributed by atoms with Crippen molar-refractivity contribution in [2.24, 2.45) is 5.92 Å². The molecule has 1 rings (SSSR count). The van der Waals surface area contributed by atoms with Gasteiger partial charge in [-0.3, -0.25) is 9.59 Å². The van der Waals surface area contributed by atoms with E-state index >= 15 is 0 Å². The van der Waals surface area contributed by atoms with Gasteiger partial charge in [-0.05, 0) is 40.5 Å². The number of carbonyl (C=O) groups is 2. The van der Waals surface area contributed by atoms with Crippen molar-refractivity contribution in [3.8, 4) is 0 Å². The molecule has 0 spiro atoms. The number of nitrogens with zero attached hydrogens (tertiary/aromatic N) is 1. The van der Waals surface area contributed by atoms with Crippen molar-refractivity contribution in [1.82, 2.24) is 10.2 Å². The molecule has 0 aromatic heterocycles. The van der Waals surface area contributed by atoms with Gasteiger partial charge in [0.1, 0.15) is 0 Å². The van der Waals surface area contributed by atoms with Gasteiger partial charge in [0.2, 0.25) is 11.8 Å². The average molecular weight is 268 g/mol. The Morgan fingerprint density at radius 3 is 2.21 bits per heavy atom. The summed E-state index contributed by atoms with van der Waals surface area (Å²) >= 11 is 0. The van der Waals surface area contributed by atoms with Crippen molar-refractivity contribution in [3.63, 3.8) is 0 Å². The van der Waals surface area contributed by atoms with Crippen LogP contribution in [0.5, 0.6) is 0 Å². The molecule has 2 amide bonds. The third-order valence-electron chi connectivity index (χ3n) is 3.50. The van der Waals surface area contributed by atoms with Gasteiger partial charge in [-0.25, -0.2) is 0 Å². The van der Waals surface area contributed by atoms with Crippen LogP contribution in [0.1, 0.15) is 59.8 Å². The molecule has 0 unspecified atom stereocenters. The molecule has 1 fully saturated rings. The molecule has 0 atom stereocenters. The van der Waals surface area contributed by atoms with E-state index in [-0.39, 0.29) is 29.8 Å². The van der Waals surface area contributed by atoms with Gasteiger partial charge >= 0.3 is 0 Å². The van der Waals surface area contributed by atoms with Gasteiger partial charge in [-0.1, -0.05) is 19.3 Å². The Kier molecular flexibility index (Phi) is 5.83. The molecule has 0 heterocycles. The fourth-order valence-electron chi connectivity index (χ4n) is 2.58. The summed E-state index contributed by atoms with van der Waals surface area (Å²) < 4.78 is 0. The van der Waals surface area contributed by atoms with Crippen molar-refractivity contribution < 1.29 is 9.59 Å². The maximum atomic E-state index is 12.4. The summed E-state index contributed by atoms with van der Waals surface area (Å²) in [6.07, 6.45) is 5.48. The molecular formula is C15H28N2O2. The zero-order valence-corrected chi connectivity index (χ0v) is 12.8. The Labute approximate surface area is 116 Å². The van der Waals surface area contributed by atoms with Crippen LogP contribution in [-0.4, -0.2) is 35.3 Å². The first-order valence-corrected chi connectivity index (χ1v) is 7.43. The fraction of sp³-hybridized carbons (Fsp3) is 0.867. The summed E-state index contributed by atoms with van der Waals surface area (Å²) in [5, 5.41) is 2.91. The molecular weight excluding hydrogens is 240 g/mol. The van der Waals surface area contributed by atoms with E-state index in [1.807, 2.05) is 27.7 Å². The Morgan fingerprint density at radius 2 is 1.74 bits per heavy atom. The molecule has 4 heteroatoms. The molecule has 0 bridgehead atoms. The van der Waals surface area contributed by atoms with Gasteiger partial charge in [-0.15, -0.1) is 0 Å². The average Bonchev–Trinajstić information content (AvgIpc) is 2.34. The number of carbonyl (C=O) groups excluding carboxylic acids is 2. The predicted molar refractivity (Wildman–Crippen MR) is 76.7 cm³/mol. The van der Waals surface area contributed by atoms with Gasteiger partial charge < -0.3 is 10.2 Å². The standard InChI is InChI=1S/C15H28N2O2/c1-5-17(11-13(18)16-15(2,3)4)14(19)12-9-7-6-8-10-12/h12H,5-11H2,1-4H3,(H,16,18).